The maximum absolute atomic E-state index is 12.2. The molecule has 0 saturated heterocycles. The molecule has 0 aliphatic rings. The van der Waals surface area contributed by atoms with Gasteiger partial charge in [-0.25, -0.2) is 13.1 Å². The van der Waals surface area contributed by atoms with Crippen molar-refractivity contribution in [2.45, 2.75) is 30.6 Å². The highest BCUT2D eigenvalue weighted by Gasteiger charge is 2.31. The number of hydrogen-bond acceptors (Lipinski definition) is 4. The number of benzene rings is 2. The molecule has 0 aliphatic carbocycles. The van der Waals surface area contributed by atoms with E-state index in [-0.39, 0.29) is 29.8 Å². The van der Waals surface area contributed by atoms with E-state index in [1.807, 2.05) is 24.3 Å². The highest BCUT2D eigenvalue weighted by molar-refractivity contribution is 9.10. The number of hydrogen-bond donors (Lipinski definition) is 2. The summed E-state index contributed by atoms with van der Waals surface area (Å²) in [4.78, 5) is 11.8. The van der Waals surface area contributed by atoms with E-state index < -0.39 is 22.1 Å². The van der Waals surface area contributed by atoms with Crippen molar-refractivity contribution >= 4 is 31.9 Å². The van der Waals surface area contributed by atoms with Crippen LogP contribution in [0.2, 0.25) is 0 Å². The molecule has 0 saturated carbocycles. The van der Waals surface area contributed by atoms with Crippen LogP contribution in [0.3, 0.4) is 0 Å². The number of nitrogens with one attached hydrogen (secondary N) is 2. The lowest BCUT2D eigenvalue weighted by atomic mass is 10.1. The van der Waals surface area contributed by atoms with E-state index in [1.54, 1.807) is 6.92 Å². The number of halogens is 4. The first-order valence-corrected chi connectivity index (χ1v) is 10.6. The topological polar surface area (TPSA) is 84.5 Å². The second-order valence-electron chi connectivity index (χ2n) is 5.98. The van der Waals surface area contributed by atoms with Gasteiger partial charge in [-0.05, 0) is 42.8 Å². The van der Waals surface area contributed by atoms with Crippen LogP contribution in [-0.4, -0.2) is 27.2 Å². The van der Waals surface area contributed by atoms with Crippen LogP contribution in [0.5, 0.6) is 5.75 Å². The van der Waals surface area contributed by atoms with Crippen molar-refractivity contribution in [1.82, 2.24) is 10.0 Å². The fraction of sp³-hybridized carbons (Fsp3) is 0.278. The van der Waals surface area contributed by atoms with Crippen molar-refractivity contribution in [1.29, 1.82) is 0 Å². The third-order valence-corrected chi connectivity index (χ3v) is 5.96. The Labute approximate surface area is 174 Å². The number of ether oxygens (including phenoxy) is 1. The van der Waals surface area contributed by atoms with Crippen LogP contribution in [0.15, 0.2) is 57.9 Å². The normalized spacial score (nSPS) is 13.0. The van der Waals surface area contributed by atoms with Crippen molar-refractivity contribution in [2.24, 2.45) is 0 Å². The van der Waals surface area contributed by atoms with E-state index >= 15 is 0 Å². The van der Waals surface area contributed by atoms with E-state index in [2.05, 4.69) is 30.7 Å². The molecule has 0 heterocycles. The molecule has 2 N–H and O–H groups in total. The minimum Gasteiger partial charge on any atom is -0.406 e. The van der Waals surface area contributed by atoms with E-state index in [0.29, 0.717) is 0 Å². The molecule has 0 fully saturated rings. The monoisotopic (exact) mass is 494 g/mol. The highest BCUT2D eigenvalue weighted by Crippen LogP contribution is 2.24. The Morgan fingerprint density at radius 2 is 1.76 bits per heavy atom. The molecular formula is C18H18BrF3N2O4S. The lowest BCUT2D eigenvalue weighted by Crippen LogP contribution is -2.32. The Kier molecular flexibility index (Phi) is 7.66. The van der Waals surface area contributed by atoms with Gasteiger partial charge in [-0.2, -0.15) is 0 Å². The van der Waals surface area contributed by atoms with E-state index in [0.717, 1.165) is 34.3 Å². The SMILES string of the molecule is CC(NC(=O)CCNS(=O)(=O)c1ccc(OC(F)(F)F)cc1)c1ccccc1Br. The first-order valence-electron chi connectivity index (χ1n) is 8.37. The summed E-state index contributed by atoms with van der Waals surface area (Å²) >= 11 is 3.40. The lowest BCUT2D eigenvalue weighted by molar-refractivity contribution is -0.274. The van der Waals surface area contributed by atoms with Gasteiger partial charge in [0.25, 0.3) is 0 Å². The van der Waals surface area contributed by atoms with Gasteiger partial charge in [0.05, 0.1) is 10.9 Å². The third-order valence-electron chi connectivity index (χ3n) is 3.76. The molecule has 11 heteroatoms. The molecule has 1 atom stereocenters. The highest BCUT2D eigenvalue weighted by atomic mass is 79.9. The molecule has 1 amide bonds. The molecule has 2 rings (SSSR count). The summed E-state index contributed by atoms with van der Waals surface area (Å²) in [6, 6.07) is 10.9. The molecular weight excluding hydrogens is 477 g/mol. The summed E-state index contributed by atoms with van der Waals surface area (Å²) in [5, 5.41) is 2.77. The quantitative estimate of drug-likeness (QED) is 0.582. The van der Waals surface area contributed by atoms with E-state index in [1.165, 1.54) is 0 Å². The number of carbonyl (C=O) groups excluding carboxylic acids is 1. The molecule has 0 aliphatic heterocycles. The smallest absolute Gasteiger partial charge is 0.406 e. The Morgan fingerprint density at radius 3 is 2.34 bits per heavy atom. The summed E-state index contributed by atoms with van der Waals surface area (Å²) in [6.45, 7) is 1.63. The van der Waals surface area contributed by atoms with Crippen LogP contribution in [0, 0.1) is 0 Å². The average Bonchev–Trinajstić information content (AvgIpc) is 2.61. The molecule has 158 valence electrons. The van der Waals surface area contributed by atoms with Crippen molar-refractivity contribution < 1.29 is 31.1 Å². The Hall–Kier alpha value is -2.11. The van der Waals surface area contributed by atoms with Crippen LogP contribution in [0.25, 0.3) is 0 Å². The number of amides is 1. The second-order valence-corrected chi connectivity index (χ2v) is 8.60. The number of carbonyl (C=O) groups is 1. The van der Waals surface area contributed by atoms with E-state index in [4.69, 9.17) is 0 Å². The number of sulfonamides is 1. The fourth-order valence-corrected chi connectivity index (χ4v) is 4.08. The van der Waals surface area contributed by atoms with Crippen molar-refractivity contribution in [2.75, 3.05) is 6.54 Å². The first-order chi connectivity index (χ1) is 13.5. The minimum absolute atomic E-state index is 0.108. The molecule has 1 unspecified atom stereocenters. The summed E-state index contributed by atoms with van der Waals surface area (Å²) in [7, 11) is -3.98. The Morgan fingerprint density at radius 1 is 1.14 bits per heavy atom. The van der Waals surface area contributed by atoms with Gasteiger partial charge in [-0.15, -0.1) is 13.2 Å². The van der Waals surface area contributed by atoms with Crippen LogP contribution < -0.4 is 14.8 Å². The summed E-state index contributed by atoms with van der Waals surface area (Å²) in [6.07, 6.45) is -4.97. The standard InChI is InChI=1S/C18H18BrF3N2O4S/c1-12(15-4-2-3-5-16(15)19)24-17(25)10-11-23-29(26,27)14-8-6-13(7-9-14)28-18(20,21)22/h2-9,12,23H,10-11H2,1H3,(H,24,25). The van der Waals surface area contributed by atoms with E-state index in [9.17, 15) is 26.4 Å². The summed E-state index contributed by atoms with van der Waals surface area (Å²) in [5.74, 6) is -0.887. The van der Waals surface area contributed by atoms with Gasteiger partial charge in [0.1, 0.15) is 5.75 Å². The van der Waals surface area contributed by atoms with Crippen LogP contribution >= 0.6 is 15.9 Å². The molecule has 29 heavy (non-hydrogen) atoms. The van der Waals surface area contributed by atoms with Gasteiger partial charge in [-0.1, -0.05) is 34.1 Å². The van der Waals surface area contributed by atoms with Crippen molar-refractivity contribution in [3.05, 3.63) is 58.6 Å². The van der Waals surface area contributed by atoms with Crippen molar-refractivity contribution in [3.63, 3.8) is 0 Å². The Bertz CT molecular complexity index is 950. The van der Waals surface area contributed by atoms with Gasteiger partial charge < -0.3 is 10.1 Å². The lowest BCUT2D eigenvalue weighted by Gasteiger charge is -2.16. The summed E-state index contributed by atoms with van der Waals surface area (Å²) in [5.41, 5.74) is 0.877. The molecule has 0 radical (unpaired) electrons. The average molecular weight is 495 g/mol. The predicted molar refractivity (Wildman–Crippen MR) is 104 cm³/mol. The maximum Gasteiger partial charge on any atom is 0.573 e. The largest absolute Gasteiger partial charge is 0.573 e. The molecule has 0 bridgehead atoms. The molecule has 2 aromatic carbocycles. The van der Waals surface area contributed by atoms with Gasteiger partial charge >= 0.3 is 6.36 Å². The first kappa shape index (κ1) is 23.2. The molecule has 0 aromatic heterocycles. The van der Waals surface area contributed by atoms with Gasteiger partial charge in [0.2, 0.25) is 15.9 Å². The summed E-state index contributed by atoms with van der Waals surface area (Å²) < 4.78 is 67.6. The molecule has 6 nitrogen and oxygen atoms in total. The number of alkyl halides is 3. The predicted octanol–water partition coefficient (Wildman–Crippen LogP) is 3.89. The molecule has 0 spiro atoms. The fourth-order valence-electron chi connectivity index (χ4n) is 2.42. The van der Waals surface area contributed by atoms with Crippen LogP contribution in [0.4, 0.5) is 13.2 Å². The zero-order valence-corrected chi connectivity index (χ0v) is 17.6. The third kappa shape index (κ3) is 7.33. The van der Waals surface area contributed by atoms with Gasteiger partial charge in [0, 0.05) is 17.4 Å². The minimum atomic E-state index is -4.86. The van der Waals surface area contributed by atoms with Crippen LogP contribution in [0.1, 0.15) is 24.9 Å². The Balaban J connectivity index is 1.87. The number of rotatable bonds is 8. The van der Waals surface area contributed by atoms with Crippen LogP contribution in [-0.2, 0) is 14.8 Å². The second kappa shape index (κ2) is 9.59. The van der Waals surface area contributed by atoms with Crippen molar-refractivity contribution in [3.8, 4) is 5.75 Å². The maximum atomic E-state index is 12.2. The van der Waals surface area contributed by atoms with Gasteiger partial charge in [0.15, 0.2) is 0 Å². The zero-order valence-electron chi connectivity index (χ0n) is 15.2. The molecule has 2 aromatic rings. The zero-order chi connectivity index (χ0) is 21.7. The van der Waals surface area contributed by atoms with Gasteiger partial charge in [-0.3, -0.25) is 4.79 Å².